The Morgan fingerprint density at radius 2 is 1.92 bits per heavy atom. The number of hydrogen-bond acceptors (Lipinski definition) is 4. The molecule has 1 aromatic carbocycles. The Bertz CT molecular complexity index is 528. The van der Waals surface area contributed by atoms with Gasteiger partial charge in [0.1, 0.15) is 0 Å². The largest absolute Gasteiger partial charge is 0.387 e. The molecule has 1 aromatic rings. The van der Waals surface area contributed by atoms with E-state index in [0.29, 0.717) is 6.04 Å². The quantitative estimate of drug-likeness (QED) is 0.919. The van der Waals surface area contributed by atoms with Gasteiger partial charge >= 0.3 is 0 Å². The third-order valence-corrected chi connectivity index (χ3v) is 5.56. The maximum atomic E-state index is 10.7. The molecular weight excluding hydrogens is 300 g/mol. The van der Waals surface area contributed by atoms with E-state index in [-0.39, 0.29) is 6.10 Å². The van der Waals surface area contributed by atoms with Crippen molar-refractivity contribution in [1.82, 2.24) is 9.80 Å². The fourth-order valence-electron chi connectivity index (χ4n) is 4.05. The molecule has 2 saturated heterocycles. The number of aryl methyl sites for hydroxylation is 2. The molecule has 0 aliphatic carbocycles. The van der Waals surface area contributed by atoms with Gasteiger partial charge in [-0.3, -0.25) is 9.80 Å². The van der Waals surface area contributed by atoms with Gasteiger partial charge in [-0.15, -0.1) is 0 Å². The zero-order chi connectivity index (χ0) is 16.9. The maximum Gasteiger partial charge on any atom is 0.0919 e. The molecule has 0 spiro atoms. The summed E-state index contributed by atoms with van der Waals surface area (Å²) in [5.41, 5.74) is 3.49. The van der Waals surface area contributed by atoms with Crippen molar-refractivity contribution in [2.75, 3.05) is 45.9 Å². The van der Waals surface area contributed by atoms with Crippen LogP contribution < -0.4 is 0 Å². The second kappa shape index (κ2) is 8.43. The number of aliphatic hydroxyl groups excluding tert-OH is 1. The minimum absolute atomic E-state index is 0.389. The summed E-state index contributed by atoms with van der Waals surface area (Å²) in [4.78, 5) is 5.08. The fourth-order valence-corrected chi connectivity index (χ4v) is 4.05. The minimum atomic E-state index is -0.389. The van der Waals surface area contributed by atoms with Crippen molar-refractivity contribution in [3.8, 4) is 0 Å². The molecule has 134 valence electrons. The highest BCUT2D eigenvalue weighted by Gasteiger charge is 2.25. The highest BCUT2D eigenvalue weighted by Crippen LogP contribution is 2.22. The third-order valence-electron chi connectivity index (χ3n) is 5.56. The normalized spacial score (nSPS) is 23.1. The van der Waals surface area contributed by atoms with Gasteiger partial charge in [0.2, 0.25) is 0 Å². The summed E-state index contributed by atoms with van der Waals surface area (Å²) in [6.07, 6.45) is 3.15. The fraction of sp³-hybridized carbons (Fsp3) is 0.700. The SMILES string of the molecule is Cc1ccc(C)c([C@@H](O)CN2CCCN(C3CCOCC3)CC2)c1. The first-order valence-corrected chi connectivity index (χ1v) is 9.43. The second-order valence-electron chi connectivity index (χ2n) is 7.41. The smallest absolute Gasteiger partial charge is 0.0919 e. The van der Waals surface area contributed by atoms with E-state index in [9.17, 15) is 5.11 Å². The van der Waals surface area contributed by atoms with Crippen LogP contribution in [-0.4, -0.2) is 66.9 Å². The predicted molar refractivity (Wildman–Crippen MR) is 97.3 cm³/mol. The molecule has 0 radical (unpaired) electrons. The summed E-state index contributed by atoms with van der Waals surface area (Å²) in [5.74, 6) is 0. The minimum Gasteiger partial charge on any atom is -0.387 e. The van der Waals surface area contributed by atoms with Crippen LogP contribution in [0.4, 0.5) is 0 Å². The van der Waals surface area contributed by atoms with Crippen LogP contribution in [-0.2, 0) is 4.74 Å². The van der Waals surface area contributed by atoms with Crippen LogP contribution >= 0.6 is 0 Å². The van der Waals surface area contributed by atoms with Crippen molar-refractivity contribution in [1.29, 1.82) is 0 Å². The molecule has 3 rings (SSSR count). The van der Waals surface area contributed by atoms with Crippen LogP contribution in [0.25, 0.3) is 0 Å². The van der Waals surface area contributed by atoms with Crippen LogP contribution in [0.15, 0.2) is 18.2 Å². The van der Waals surface area contributed by atoms with Crippen LogP contribution in [0.3, 0.4) is 0 Å². The Morgan fingerprint density at radius 3 is 2.71 bits per heavy atom. The van der Waals surface area contributed by atoms with Crippen molar-refractivity contribution in [3.05, 3.63) is 34.9 Å². The Balaban J connectivity index is 1.55. The first-order valence-electron chi connectivity index (χ1n) is 9.43. The molecule has 0 saturated carbocycles. The molecule has 4 nitrogen and oxygen atoms in total. The van der Waals surface area contributed by atoms with E-state index >= 15 is 0 Å². The van der Waals surface area contributed by atoms with Crippen molar-refractivity contribution >= 4 is 0 Å². The van der Waals surface area contributed by atoms with Crippen molar-refractivity contribution in [2.24, 2.45) is 0 Å². The van der Waals surface area contributed by atoms with Crippen molar-refractivity contribution < 1.29 is 9.84 Å². The predicted octanol–water partition coefficient (Wildman–Crippen LogP) is 2.52. The standard InChI is InChI=1S/C20H32N2O2/c1-16-4-5-17(2)19(14-16)20(23)15-21-8-3-9-22(11-10-21)18-6-12-24-13-7-18/h4-5,14,18,20,23H,3,6-13,15H2,1-2H3/t20-/m0/s1. The number of benzene rings is 1. The molecule has 2 aliphatic rings. The zero-order valence-electron chi connectivity index (χ0n) is 15.2. The summed E-state index contributed by atoms with van der Waals surface area (Å²) in [5, 5.41) is 10.7. The van der Waals surface area contributed by atoms with Gasteiger partial charge in [-0.2, -0.15) is 0 Å². The summed E-state index contributed by atoms with van der Waals surface area (Å²) in [7, 11) is 0. The lowest BCUT2D eigenvalue weighted by atomic mass is 10.0. The summed E-state index contributed by atoms with van der Waals surface area (Å²) in [6, 6.07) is 7.06. The number of ether oxygens (including phenoxy) is 1. The first-order chi connectivity index (χ1) is 11.6. The molecule has 2 fully saturated rings. The van der Waals surface area contributed by atoms with Gasteiger partial charge in [0, 0.05) is 38.9 Å². The molecule has 1 N–H and O–H groups in total. The Kier molecular flexibility index (Phi) is 6.28. The van der Waals surface area contributed by atoms with E-state index in [2.05, 4.69) is 41.8 Å². The van der Waals surface area contributed by atoms with Gasteiger partial charge in [0.15, 0.2) is 0 Å². The van der Waals surface area contributed by atoms with E-state index < -0.39 is 0 Å². The van der Waals surface area contributed by atoms with Crippen molar-refractivity contribution in [2.45, 2.75) is 45.3 Å². The van der Waals surface area contributed by atoms with E-state index in [1.54, 1.807) is 0 Å². The van der Waals surface area contributed by atoms with Crippen LogP contribution in [0, 0.1) is 13.8 Å². The lowest BCUT2D eigenvalue weighted by Crippen LogP contribution is -2.41. The number of β-amino-alcohol motifs (C(OH)–C–C–N with tert-alkyl or cyclic N) is 1. The summed E-state index contributed by atoms with van der Waals surface area (Å²) < 4.78 is 5.50. The highest BCUT2D eigenvalue weighted by molar-refractivity contribution is 5.32. The van der Waals surface area contributed by atoms with E-state index in [1.165, 1.54) is 36.9 Å². The van der Waals surface area contributed by atoms with E-state index in [1.807, 2.05) is 0 Å². The van der Waals surface area contributed by atoms with E-state index in [0.717, 1.165) is 45.0 Å². The lowest BCUT2D eigenvalue weighted by Gasteiger charge is -2.33. The van der Waals surface area contributed by atoms with Crippen molar-refractivity contribution in [3.63, 3.8) is 0 Å². The lowest BCUT2D eigenvalue weighted by molar-refractivity contribution is 0.0347. The van der Waals surface area contributed by atoms with Gasteiger partial charge in [0.25, 0.3) is 0 Å². The number of rotatable bonds is 4. The van der Waals surface area contributed by atoms with E-state index in [4.69, 9.17) is 4.74 Å². The van der Waals surface area contributed by atoms with Gasteiger partial charge in [0.05, 0.1) is 6.10 Å². The Hall–Kier alpha value is -0.940. The molecule has 0 bridgehead atoms. The maximum absolute atomic E-state index is 10.7. The van der Waals surface area contributed by atoms with Crippen LogP contribution in [0.1, 0.15) is 42.1 Å². The number of hydrogen-bond donors (Lipinski definition) is 1. The molecule has 24 heavy (non-hydrogen) atoms. The number of nitrogens with zero attached hydrogens (tertiary/aromatic N) is 2. The van der Waals surface area contributed by atoms with Gasteiger partial charge in [-0.1, -0.05) is 23.8 Å². The molecule has 0 aromatic heterocycles. The monoisotopic (exact) mass is 332 g/mol. The topological polar surface area (TPSA) is 35.9 Å². The summed E-state index contributed by atoms with van der Waals surface area (Å²) >= 11 is 0. The summed E-state index contributed by atoms with van der Waals surface area (Å²) in [6.45, 7) is 11.2. The van der Waals surface area contributed by atoms with Gasteiger partial charge < -0.3 is 9.84 Å². The molecule has 0 unspecified atom stereocenters. The second-order valence-corrected chi connectivity index (χ2v) is 7.41. The van der Waals surface area contributed by atoms with Crippen LogP contribution in [0.2, 0.25) is 0 Å². The third kappa shape index (κ3) is 4.57. The molecule has 4 heteroatoms. The van der Waals surface area contributed by atoms with Crippen LogP contribution in [0.5, 0.6) is 0 Å². The molecule has 0 amide bonds. The van der Waals surface area contributed by atoms with Gasteiger partial charge in [-0.05, 0) is 57.3 Å². The molecule has 2 heterocycles. The average molecular weight is 332 g/mol. The average Bonchev–Trinajstić information content (AvgIpc) is 2.83. The van der Waals surface area contributed by atoms with Gasteiger partial charge in [-0.25, -0.2) is 0 Å². The molecular formula is C20H32N2O2. The zero-order valence-corrected chi connectivity index (χ0v) is 15.2. The first kappa shape index (κ1) is 17.9. The number of aliphatic hydroxyl groups is 1. The molecule has 2 aliphatic heterocycles. The highest BCUT2D eigenvalue weighted by atomic mass is 16.5. The molecule has 1 atom stereocenters. The Morgan fingerprint density at radius 1 is 1.12 bits per heavy atom. The Labute approximate surface area is 146 Å².